The van der Waals surface area contributed by atoms with E-state index in [4.69, 9.17) is 21.1 Å². The molecule has 1 N–H and O–H groups in total. The lowest BCUT2D eigenvalue weighted by molar-refractivity contribution is -0.140. The van der Waals surface area contributed by atoms with Gasteiger partial charge in [-0.15, -0.1) is 0 Å². The first-order valence-electron chi connectivity index (χ1n) is 14.0. The first kappa shape index (κ1) is 31.2. The van der Waals surface area contributed by atoms with Gasteiger partial charge in [-0.25, -0.2) is 8.42 Å². The standard InChI is InChI=1S/C31H36ClN3O6S/c1-3-5-16-33-31(37)27(18-23-10-7-6-8-11-23)34(20-24-12-9-13-25(32)17-24)30(36)21-35(42(38,39)4-2)26-14-15-28-29(19-26)41-22-40-28/h6-15,17,19,27H,3-5,16,18,20-22H2,1-2H3,(H,33,37). The van der Waals surface area contributed by atoms with Crippen LogP contribution in [0.15, 0.2) is 72.8 Å². The molecular weight excluding hydrogens is 578 g/mol. The Labute approximate surface area is 252 Å². The molecule has 224 valence electrons. The van der Waals surface area contributed by atoms with Crippen molar-refractivity contribution in [2.24, 2.45) is 0 Å². The number of hydrogen-bond donors (Lipinski definition) is 1. The van der Waals surface area contributed by atoms with Crippen LogP contribution in [0.1, 0.15) is 37.8 Å². The summed E-state index contributed by atoms with van der Waals surface area (Å²) in [6.07, 6.45) is 1.93. The number of nitrogens with one attached hydrogen (secondary N) is 1. The number of nitrogens with zero attached hydrogens (tertiary/aromatic N) is 2. The van der Waals surface area contributed by atoms with Crippen LogP contribution in [0, 0.1) is 0 Å². The average Bonchev–Trinajstić information content (AvgIpc) is 3.46. The summed E-state index contributed by atoms with van der Waals surface area (Å²) in [7, 11) is -3.89. The molecule has 0 bridgehead atoms. The molecule has 4 rings (SSSR count). The number of fused-ring (bicyclic) bond motifs is 1. The van der Waals surface area contributed by atoms with Crippen LogP contribution in [-0.4, -0.2) is 56.8 Å². The van der Waals surface area contributed by atoms with Crippen LogP contribution in [0.3, 0.4) is 0 Å². The van der Waals surface area contributed by atoms with Gasteiger partial charge in [0.15, 0.2) is 11.5 Å². The van der Waals surface area contributed by atoms with Crippen LogP contribution in [0.4, 0.5) is 5.69 Å². The quantitative estimate of drug-likeness (QED) is 0.262. The molecule has 9 nitrogen and oxygen atoms in total. The number of carbonyl (C=O) groups is 2. The summed E-state index contributed by atoms with van der Waals surface area (Å²) in [5.41, 5.74) is 1.85. The van der Waals surface area contributed by atoms with Crippen molar-refractivity contribution in [2.75, 3.05) is 29.9 Å². The molecule has 3 aromatic rings. The lowest BCUT2D eigenvalue weighted by atomic mass is 10.0. The smallest absolute Gasteiger partial charge is 0.244 e. The topological polar surface area (TPSA) is 105 Å². The average molecular weight is 614 g/mol. The predicted molar refractivity (Wildman–Crippen MR) is 163 cm³/mol. The van der Waals surface area contributed by atoms with E-state index in [1.807, 2.05) is 43.3 Å². The van der Waals surface area contributed by atoms with Crippen molar-refractivity contribution >= 4 is 39.1 Å². The second-order valence-electron chi connectivity index (χ2n) is 9.95. The van der Waals surface area contributed by atoms with Crippen LogP contribution in [0.5, 0.6) is 11.5 Å². The lowest BCUT2D eigenvalue weighted by Gasteiger charge is -2.34. The molecule has 0 saturated carbocycles. The number of anilines is 1. The molecule has 1 atom stereocenters. The maximum atomic E-state index is 14.2. The van der Waals surface area contributed by atoms with Crippen molar-refractivity contribution in [2.45, 2.75) is 45.7 Å². The zero-order valence-corrected chi connectivity index (χ0v) is 25.4. The third-order valence-corrected chi connectivity index (χ3v) is 8.94. The molecule has 11 heteroatoms. The highest BCUT2D eigenvalue weighted by molar-refractivity contribution is 7.92. The normalized spacial score (nSPS) is 12.9. The molecule has 1 aliphatic heterocycles. The van der Waals surface area contributed by atoms with Crippen LogP contribution in [0.2, 0.25) is 5.02 Å². The fraction of sp³-hybridized carbons (Fsp3) is 0.355. The molecule has 1 aliphatic rings. The van der Waals surface area contributed by atoms with E-state index in [0.29, 0.717) is 28.6 Å². The summed E-state index contributed by atoms with van der Waals surface area (Å²) in [4.78, 5) is 29.3. The highest BCUT2D eigenvalue weighted by atomic mass is 35.5. The van der Waals surface area contributed by atoms with Crippen LogP contribution in [0.25, 0.3) is 0 Å². The monoisotopic (exact) mass is 613 g/mol. The highest BCUT2D eigenvalue weighted by Gasteiger charge is 2.34. The number of carbonyl (C=O) groups excluding carboxylic acids is 2. The minimum Gasteiger partial charge on any atom is -0.454 e. The van der Waals surface area contributed by atoms with Gasteiger partial charge in [-0.2, -0.15) is 0 Å². The summed E-state index contributed by atoms with van der Waals surface area (Å²) in [5.74, 6) is -0.182. The molecule has 0 fully saturated rings. The molecule has 0 aliphatic carbocycles. The number of benzene rings is 3. The van der Waals surface area contributed by atoms with Gasteiger partial charge in [0, 0.05) is 30.6 Å². The van der Waals surface area contributed by atoms with E-state index in [1.165, 1.54) is 11.8 Å². The van der Waals surface area contributed by atoms with E-state index < -0.39 is 28.5 Å². The van der Waals surface area contributed by atoms with Gasteiger partial charge < -0.3 is 19.7 Å². The Balaban J connectivity index is 1.73. The Hall–Kier alpha value is -3.76. The number of rotatable bonds is 14. The van der Waals surface area contributed by atoms with Gasteiger partial charge in [0.25, 0.3) is 0 Å². The largest absolute Gasteiger partial charge is 0.454 e. The summed E-state index contributed by atoms with van der Waals surface area (Å²) in [5, 5.41) is 3.46. The minimum absolute atomic E-state index is 0.0277. The molecule has 0 saturated heterocycles. The van der Waals surface area contributed by atoms with Gasteiger partial charge >= 0.3 is 0 Å². The van der Waals surface area contributed by atoms with E-state index in [1.54, 1.807) is 36.4 Å². The Kier molecular flexibility index (Phi) is 10.7. The molecule has 0 radical (unpaired) electrons. The van der Waals surface area contributed by atoms with Crippen molar-refractivity contribution in [1.29, 1.82) is 0 Å². The zero-order chi connectivity index (χ0) is 30.1. The van der Waals surface area contributed by atoms with E-state index in [0.717, 1.165) is 22.7 Å². The molecule has 42 heavy (non-hydrogen) atoms. The van der Waals surface area contributed by atoms with Gasteiger partial charge in [-0.05, 0) is 48.7 Å². The van der Waals surface area contributed by atoms with Gasteiger partial charge in [-0.1, -0.05) is 67.4 Å². The summed E-state index contributed by atoms with van der Waals surface area (Å²) in [6.45, 7) is 3.58. The first-order chi connectivity index (χ1) is 20.2. The van der Waals surface area contributed by atoms with E-state index in [9.17, 15) is 18.0 Å². The van der Waals surface area contributed by atoms with Crippen molar-refractivity contribution in [3.05, 3.63) is 88.9 Å². The number of halogens is 1. The number of ether oxygens (including phenoxy) is 2. The van der Waals surface area contributed by atoms with Gasteiger partial charge in [0.2, 0.25) is 28.6 Å². The summed E-state index contributed by atoms with van der Waals surface area (Å²) in [6, 6.07) is 20.3. The third-order valence-electron chi connectivity index (χ3n) is 6.97. The second-order valence-corrected chi connectivity index (χ2v) is 12.6. The first-order valence-corrected chi connectivity index (χ1v) is 16.0. The van der Waals surface area contributed by atoms with Gasteiger partial charge in [-0.3, -0.25) is 13.9 Å². The maximum Gasteiger partial charge on any atom is 0.244 e. The number of amides is 2. The minimum atomic E-state index is -3.89. The molecule has 1 heterocycles. The van der Waals surface area contributed by atoms with Gasteiger partial charge in [0.1, 0.15) is 12.6 Å². The Morgan fingerprint density at radius 2 is 1.69 bits per heavy atom. The second kappa shape index (κ2) is 14.4. The SMILES string of the molecule is CCCCNC(=O)C(Cc1ccccc1)N(Cc1cccc(Cl)c1)C(=O)CN(c1ccc2c(c1)OCO2)S(=O)(=O)CC. The lowest BCUT2D eigenvalue weighted by Crippen LogP contribution is -2.53. The molecular formula is C31H36ClN3O6S. The zero-order valence-electron chi connectivity index (χ0n) is 23.8. The van der Waals surface area contributed by atoms with Crippen LogP contribution in [-0.2, 0) is 32.6 Å². The maximum absolute atomic E-state index is 14.2. The van der Waals surface area contributed by atoms with Crippen molar-refractivity contribution in [3.63, 3.8) is 0 Å². The van der Waals surface area contributed by atoms with E-state index in [2.05, 4.69) is 5.32 Å². The van der Waals surface area contributed by atoms with E-state index in [-0.39, 0.29) is 37.1 Å². The van der Waals surface area contributed by atoms with Gasteiger partial charge in [0.05, 0.1) is 11.4 Å². The number of sulfonamides is 1. The fourth-order valence-corrected chi connectivity index (χ4v) is 5.92. The van der Waals surface area contributed by atoms with Crippen LogP contribution >= 0.6 is 11.6 Å². The highest BCUT2D eigenvalue weighted by Crippen LogP contribution is 2.36. The Morgan fingerprint density at radius 1 is 0.952 bits per heavy atom. The van der Waals surface area contributed by atoms with Crippen molar-refractivity contribution in [3.8, 4) is 11.5 Å². The molecule has 1 unspecified atom stereocenters. The molecule has 0 spiro atoms. The Bertz CT molecular complexity index is 1480. The predicted octanol–water partition coefficient (Wildman–Crippen LogP) is 4.78. The van der Waals surface area contributed by atoms with Crippen molar-refractivity contribution < 1.29 is 27.5 Å². The van der Waals surface area contributed by atoms with E-state index >= 15 is 0 Å². The molecule has 0 aromatic heterocycles. The number of hydrogen-bond acceptors (Lipinski definition) is 6. The van der Waals surface area contributed by atoms with Crippen molar-refractivity contribution in [1.82, 2.24) is 10.2 Å². The summed E-state index contributed by atoms with van der Waals surface area (Å²) >= 11 is 6.26. The molecule has 3 aromatic carbocycles. The summed E-state index contributed by atoms with van der Waals surface area (Å²) < 4.78 is 38.5. The third kappa shape index (κ3) is 7.95. The van der Waals surface area contributed by atoms with Crippen LogP contribution < -0.4 is 19.1 Å². The number of unbranched alkanes of at least 4 members (excludes halogenated alkanes) is 1. The molecule has 2 amide bonds. The fourth-order valence-electron chi connectivity index (χ4n) is 4.65. The Morgan fingerprint density at radius 3 is 2.40 bits per heavy atom.